The molecule has 1 heterocycles. The molecule has 0 aliphatic heterocycles. The Morgan fingerprint density at radius 2 is 2.11 bits per heavy atom. The van der Waals surface area contributed by atoms with E-state index in [4.69, 9.17) is 5.73 Å². The van der Waals surface area contributed by atoms with Crippen molar-refractivity contribution >= 4 is 34.3 Å². The van der Waals surface area contributed by atoms with Crippen LogP contribution in [0.25, 0.3) is 5.70 Å². The number of nitrogens with two attached hydrogens (primary N) is 1. The zero-order valence-electron chi connectivity index (χ0n) is 15.8. The third-order valence-electron chi connectivity index (χ3n) is 3.62. The SMILES string of the molecule is C=C(c1sc(C(=O)NC(C)CC(F)C=CC)cc1N)N(C)N=C(C)C(F)F. The van der Waals surface area contributed by atoms with E-state index in [2.05, 4.69) is 17.0 Å². The molecular formula is C18H25F3N4OS. The van der Waals surface area contributed by atoms with Crippen LogP contribution < -0.4 is 11.1 Å². The molecule has 0 radical (unpaired) electrons. The molecule has 1 aromatic rings. The molecule has 1 amide bonds. The molecule has 5 nitrogen and oxygen atoms in total. The summed E-state index contributed by atoms with van der Waals surface area (Å²) in [4.78, 5) is 13.1. The van der Waals surface area contributed by atoms with Gasteiger partial charge in [0, 0.05) is 19.5 Å². The normalized spacial score (nSPS) is 14.4. The van der Waals surface area contributed by atoms with E-state index in [9.17, 15) is 18.0 Å². The number of rotatable bonds is 9. The summed E-state index contributed by atoms with van der Waals surface area (Å²) in [5.41, 5.74) is 6.16. The molecule has 150 valence electrons. The van der Waals surface area contributed by atoms with Crippen LogP contribution >= 0.6 is 11.3 Å². The van der Waals surface area contributed by atoms with E-state index in [0.29, 0.717) is 15.5 Å². The lowest BCUT2D eigenvalue weighted by molar-refractivity contribution is 0.0939. The van der Waals surface area contributed by atoms with Crippen LogP contribution in [0.3, 0.4) is 0 Å². The maximum Gasteiger partial charge on any atom is 0.278 e. The lowest BCUT2D eigenvalue weighted by Gasteiger charge is -2.16. The largest absolute Gasteiger partial charge is 0.397 e. The van der Waals surface area contributed by atoms with Crippen molar-refractivity contribution in [2.45, 2.75) is 45.8 Å². The number of nitrogens with one attached hydrogen (secondary N) is 1. The van der Waals surface area contributed by atoms with Gasteiger partial charge >= 0.3 is 0 Å². The first-order chi connectivity index (χ1) is 12.6. The van der Waals surface area contributed by atoms with Crippen LogP contribution in [0.5, 0.6) is 0 Å². The van der Waals surface area contributed by atoms with Crippen LogP contribution in [0.15, 0.2) is 29.9 Å². The van der Waals surface area contributed by atoms with Crippen LogP contribution in [0.4, 0.5) is 18.9 Å². The van der Waals surface area contributed by atoms with Gasteiger partial charge in [-0.3, -0.25) is 9.80 Å². The summed E-state index contributed by atoms with van der Waals surface area (Å²) in [6.07, 6.45) is -0.623. The third-order valence-corrected chi connectivity index (χ3v) is 4.82. The van der Waals surface area contributed by atoms with Gasteiger partial charge in [0.1, 0.15) is 11.9 Å². The van der Waals surface area contributed by atoms with Gasteiger partial charge in [-0.25, -0.2) is 13.2 Å². The summed E-state index contributed by atoms with van der Waals surface area (Å²) in [6, 6.07) is 1.10. The number of amides is 1. The fourth-order valence-corrected chi connectivity index (χ4v) is 3.19. The highest BCUT2D eigenvalue weighted by Crippen LogP contribution is 2.32. The Kier molecular flexibility index (Phi) is 8.55. The van der Waals surface area contributed by atoms with Crippen molar-refractivity contribution in [2.75, 3.05) is 12.8 Å². The Morgan fingerprint density at radius 3 is 2.67 bits per heavy atom. The highest BCUT2D eigenvalue weighted by molar-refractivity contribution is 7.15. The minimum Gasteiger partial charge on any atom is -0.397 e. The summed E-state index contributed by atoms with van der Waals surface area (Å²) < 4.78 is 38.8. The molecule has 1 rings (SSSR count). The molecule has 2 unspecified atom stereocenters. The van der Waals surface area contributed by atoms with Gasteiger partial charge in [0.15, 0.2) is 0 Å². The van der Waals surface area contributed by atoms with E-state index in [0.717, 1.165) is 11.3 Å². The Morgan fingerprint density at radius 1 is 1.48 bits per heavy atom. The van der Waals surface area contributed by atoms with Gasteiger partial charge < -0.3 is 11.1 Å². The smallest absolute Gasteiger partial charge is 0.278 e. The fourth-order valence-electron chi connectivity index (χ4n) is 2.21. The molecule has 0 aliphatic carbocycles. The highest BCUT2D eigenvalue weighted by Gasteiger charge is 2.19. The molecule has 3 N–H and O–H groups in total. The zero-order valence-corrected chi connectivity index (χ0v) is 16.6. The predicted octanol–water partition coefficient (Wildman–Crippen LogP) is 4.30. The van der Waals surface area contributed by atoms with Crippen molar-refractivity contribution in [1.29, 1.82) is 0 Å². The van der Waals surface area contributed by atoms with Crippen LogP contribution in [0.1, 0.15) is 41.7 Å². The molecular weight excluding hydrogens is 377 g/mol. The lowest BCUT2D eigenvalue weighted by atomic mass is 10.1. The van der Waals surface area contributed by atoms with Crippen molar-refractivity contribution in [2.24, 2.45) is 5.10 Å². The Balaban J connectivity index is 2.86. The van der Waals surface area contributed by atoms with E-state index >= 15 is 0 Å². The van der Waals surface area contributed by atoms with Gasteiger partial charge in [-0.05, 0) is 26.8 Å². The Bertz CT molecular complexity index is 730. The lowest BCUT2D eigenvalue weighted by Crippen LogP contribution is -2.33. The molecule has 0 bridgehead atoms. The first-order valence-corrected chi connectivity index (χ1v) is 9.11. The number of allylic oxidation sites excluding steroid dienone is 2. The number of thiophene rings is 1. The topological polar surface area (TPSA) is 70.7 Å². The Labute approximate surface area is 161 Å². The molecule has 0 saturated heterocycles. The number of anilines is 1. The third kappa shape index (κ3) is 6.74. The van der Waals surface area contributed by atoms with Crippen molar-refractivity contribution in [3.63, 3.8) is 0 Å². The van der Waals surface area contributed by atoms with Crippen molar-refractivity contribution in [3.05, 3.63) is 34.6 Å². The first kappa shape index (κ1) is 22.8. The van der Waals surface area contributed by atoms with E-state index in [1.54, 1.807) is 19.9 Å². The number of carbonyl (C=O) groups excluding carboxylic acids is 1. The van der Waals surface area contributed by atoms with E-state index in [1.807, 2.05) is 0 Å². The summed E-state index contributed by atoms with van der Waals surface area (Å²) in [6.45, 7) is 8.45. The number of carbonyl (C=O) groups is 1. The average molecular weight is 402 g/mol. The minimum atomic E-state index is -2.68. The van der Waals surface area contributed by atoms with E-state index < -0.39 is 12.6 Å². The van der Waals surface area contributed by atoms with Gasteiger partial charge in [-0.1, -0.05) is 18.7 Å². The maximum atomic E-state index is 13.6. The predicted molar refractivity (Wildman–Crippen MR) is 106 cm³/mol. The summed E-state index contributed by atoms with van der Waals surface area (Å²) in [5.74, 6) is -0.388. The first-order valence-electron chi connectivity index (χ1n) is 8.30. The van der Waals surface area contributed by atoms with Gasteiger partial charge in [0.2, 0.25) is 0 Å². The number of hydrazone groups is 1. The number of alkyl halides is 3. The fraction of sp³-hybridized carbons (Fsp3) is 0.444. The van der Waals surface area contributed by atoms with Gasteiger partial charge in [0.25, 0.3) is 12.3 Å². The second-order valence-corrected chi connectivity index (χ2v) is 7.11. The number of nitrogens with zero attached hydrogens (tertiary/aromatic N) is 2. The number of nitrogen functional groups attached to an aromatic ring is 1. The second kappa shape index (κ2) is 10.1. The van der Waals surface area contributed by atoms with Gasteiger partial charge in [-0.2, -0.15) is 5.10 Å². The van der Waals surface area contributed by atoms with Crippen LogP contribution in [0.2, 0.25) is 0 Å². The molecule has 0 fully saturated rings. The Hall–Kier alpha value is -2.29. The number of hydrogen-bond donors (Lipinski definition) is 2. The zero-order chi connectivity index (χ0) is 20.7. The molecule has 27 heavy (non-hydrogen) atoms. The van der Waals surface area contributed by atoms with Gasteiger partial charge in [-0.15, -0.1) is 11.3 Å². The monoisotopic (exact) mass is 402 g/mol. The number of hydrogen-bond acceptors (Lipinski definition) is 5. The highest BCUT2D eigenvalue weighted by atomic mass is 32.1. The molecule has 0 aromatic carbocycles. The van der Waals surface area contributed by atoms with E-state index in [1.165, 1.54) is 31.1 Å². The van der Waals surface area contributed by atoms with Crippen molar-refractivity contribution in [1.82, 2.24) is 10.3 Å². The van der Waals surface area contributed by atoms with Crippen molar-refractivity contribution < 1.29 is 18.0 Å². The molecule has 2 atom stereocenters. The summed E-state index contributed by atoms with van der Waals surface area (Å²) in [5, 5.41) is 7.66. The molecule has 0 saturated carbocycles. The standard InChI is InChI=1S/C18H25F3N4OS/c1-6-7-13(19)8-10(2)23-18(26)15-9-14(22)16(27-15)12(4)25(5)24-11(3)17(20)21/h6-7,9-10,13,17H,4,8,22H2,1-3,5H3,(H,23,26). The molecule has 0 spiro atoms. The molecule has 1 aromatic heterocycles. The average Bonchev–Trinajstić information content (AvgIpc) is 2.95. The van der Waals surface area contributed by atoms with Crippen molar-refractivity contribution in [3.8, 4) is 0 Å². The van der Waals surface area contributed by atoms with Crippen LogP contribution in [-0.4, -0.2) is 42.3 Å². The van der Waals surface area contributed by atoms with Crippen LogP contribution in [0, 0.1) is 0 Å². The van der Waals surface area contributed by atoms with Crippen LogP contribution in [-0.2, 0) is 0 Å². The summed E-state index contributed by atoms with van der Waals surface area (Å²) >= 11 is 1.07. The van der Waals surface area contributed by atoms with Gasteiger partial charge in [0.05, 0.1) is 21.1 Å². The maximum absolute atomic E-state index is 13.6. The quantitative estimate of drug-likeness (QED) is 0.368. The summed E-state index contributed by atoms with van der Waals surface area (Å²) in [7, 11) is 1.47. The molecule has 0 aliphatic rings. The van der Waals surface area contributed by atoms with E-state index in [-0.39, 0.29) is 29.8 Å². The second-order valence-electron chi connectivity index (χ2n) is 6.06. The minimum absolute atomic E-state index is 0.154. The molecule has 9 heteroatoms. The number of halogens is 3.